The van der Waals surface area contributed by atoms with Crippen LogP contribution >= 0.6 is 11.6 Å². The van der Waals surface area contributed by atoms with Gasteiger partial charge in [0, 0.05) is 28.9 Å². The molecule has 1 aromatic carbocycles. The van der Waals surface area contributed by atoms with E-state index in [4.69, 9.17) is 16.7 Å². The molecule has 0 atom stereocenters. The number of halogens is 1. The number of nitrogens with zero attached hydrogens (tertiary/aromatic N) is 2. The van der Waals surface area contributed by atoms with Crippen molar-refractivity contribution in [1.82, 2.24) is 15.1 Å². The molecule has 112 valence electrons. The zero-order valence-electron chi connectivity index (χ0n) is 12.9. The monoisotopic (exact) mass is 303 g/mol. The summed E-state index contributed by atoms with van der Waals surface area (Å²) in [5.74, 6) is 0. The highest BCUT2D eigenvalue weighted by atomic mass is 35.5. The van der Waals surface area contributed by atoms with Gasteiger partial charge in [0.2, 0.25) is 0 Å². The van der Waals surface area contributed by atoms with Crippen LogP contribution in [0.25, 0.3) is 5.69 Å². The number of benzene rings is 1. The molecule has 1 fully saturated rings. The van der Waals surface area contributed by atoms with Crippen LogP contribution in [0, 0.1) is 13.8 Å². The molecule has 1 aliphatic rings. The maximum Gasteiger partial charge on any atom is 0.0708 e. The molecule has 0 amide bonds. The summed E-state index contributed by atoms with van der Waals surface area (Å²) in [7, 11) is 0. The highest BCUT2D eigenvalue weighted by Gasteiger charge is 2.22. The molecular formula is C17H22ClN3. The van der Waals surface area contributed by atoms with Gasteiger partial charge < -0.3 is 5.32 Å². The Morgan fingerprint density at radius 3 is 2.67 bits per heavy atom. The Kier molecular flexibility index (Phi) is 4.05. The average molecular weight is 304 g/mol. The maximum absolute atomic E-state index is 6.43. The second-order valence-electron chi connectivity index (χ2n) is 5.81. The quantitative estimate of drug-likeness (QED) is 0.906. The van der Waals surface area contributed by atoms with Gasteiger partial charge >= 0.3 is 0 Å². The lowest BCUT2D eigenvalue weighted by atomic mass is 10.1. The van der Waals surface area contributed by atoms with Crippen molar-refractivity contribution in [2.75, 3.05) is 0 Å². The van der Waals surface area contributed by atoms with Gasteiger partial charge in [-0.2, -0.15) is 5.10 Å². The van der Waals surface area contributed by atoms with Gasteiger partial charge in [-0.05, 0) is 50.8 Å². The molecule has 3 rings (SSSR count). The highest BCUT2D eigenvalue weighted by molar-refractivity contribution is 6.31. The summed E-state index contributed by atoms with van der Waals surface area (Å²) in [5, 5.41) is 9.09. The van der Waals surface area contributed by atoms with Crippen LogP contribution in [-0.2, 0) is 13.0 Å². The molecule has 0 saturated heterocycles. The van der Waals surface area contributed by atoms with Gasteiger partial charge in [-0.15, -0.1) is 0 Å². The van der Waals surface area contributed by atoms with Crippen LogP contribution in [0.2, 0.25) is 5.02 Å². The second kappa shape index (κ2) is 5.82. The van der Waals surface area contributed by atoms with E-state index in [2.05, 4.69) is 32.2 Å². The van der Waals surface area contributed by atoms with Gasteiger partial charge in [-0.25, -0.2) is 4.68 Å². The van der Waals surface area contributed by atoms with E-state index in [-0.39, 0.29) is 0 Å². The topological polar surface area (TPSA) is 29.9 Å². The Hall–Kier alpha value is -1.32. The van der Waals surface area contributed by atoms with Gasteiger partial charge in [0.25, 0.3) is 0 Å². The lowest BCUT2D eigenvalue weighted by Gasteiger charge is -2.14. The van der Waals surface area contributed by atoms with Crippen molar-refractivity contribution in [2.45, 2.75) is 52.6 Å². The standard InChI is InChI=1S/C17H22ClN3/c1-4-14-11(2)20-21(12(14)3)17-7-5-6-16(18)15(17)10-19-13-8-9-13/h5-7,13,19H,4,8-10H2,1-3H3. The van der Waals surface area contributed by atoms with Gasteiger partial charge in [0.1, 0.15) is 0 Å². The highest BCUT2D eigenvalue weighted by Crippen LogP contribution is 2.27. The molecule has 0 spiro atoms. The fourth-order valence-corrected chi connectivity index (χ4v) is 3.11. The molecule has 0 radical (unpaired) electrons. The van der Waals surface area contributed by atoms with Gasteiger partial charge in [0.15, 0.2) is 0 Å². The Labute approximate surface area is 131 Å². The molecule has 0 unspecified atom stereocenters. The first-order valence-corrected chi connectivity index (χ1v) is 8.05. The van der Waals surface area contributed by atoms with Crippen LogP contribution in [0.1, 0.15) is 42.3 Å². The zero-order valence-corrected chi connectivity index (χ0v) is 13.7. The van der Waals surface area contributed by atoms with Gasteiger partial charge in [0.05, 0.1) is 11.4 Å². The van der Waals surface area contributed by atoms with Crippen molar-refractivity contribution in [2.24, 2.45) is 0 Å². The van der Waals surface area contributed by atoms with E-state index in [1.165, 1.54) is 24.1 Å². The van der Waals surface area contributed by atoms with E-state index in [1.807, 2.05) is 16.8 Å². The van der Waals surface area contributed by atoms with E-state index < -0.39 is 0 Å². The molecule has 2 aromatic rings. The number of rotatable bonds is 5. The van der Waals surface area contributed by atoms with Crippen molar-refractivity contribution >= 4 is 11.6 Å². The van der Waals surface area contributed by atoms with E-state index in [0.717, 1.165) is 34.9 Å². The van der Waals surface area contributed by atoms with Crippen LogP contribution in [0.15, 0.2) is 18.2 Å². The molecule has 4 heteroatoms. The Morgan fingerprint density at radius 1 is 1.29 bits per heavy atom. The summed E-state index contributed by atoms with van der Waals surface area (Å²) in [6.07, 6.45) is 3.56. The molecule has 0 bridgehead atoms. The summed E-state index contributed by atoms with van der Waals surface area (Å²) in [6, 6.07) is 6.73. The van der Waals surface area contributed by atoms with Crippen molar-refractivity contribution in [3.05, 3.63) is 45.7 Å². The first kappa shape index (κ1) is 14.6. The minimum Gasteiger partial charge on any atom is -0.310 e. The first-order chi connectivity index (χ1) is 10.1. The Bertz CT molecular complexity index is 656. The molecule has 1 saturated carbocycles. The SMILES string of the molecule is CCc1c(C)nn(-c2cccc(Cl)c2CNC2CC2)c1C. The van der Waals surface area contributed by atoms with Gasteiger partial charge in [-0.3, -0.25) is 0 Å². The van der Waals surface area contributed by atoms with E-state index in [9.17, 15) is 0 Å². The summed E-state index contributed by atoms with van der Waals surface area (Å²) < 4.78 is 2.05. The smallest absolute Gasteiger partial charge is 0.0708 e. The summed E-state index contributed by atoms with van der Waals surface area (Å²) in [5.41, 5.74) is 5.88. The van der Waals surface area contributed by atoms with E-state index >= 15 is 0 Å². The molecular weight excluding hydrogens is 282 g/mol. The summed E-state index contributed by atoms with van der Waals surface area (Å²) in [6.45, 7) is 7.20. The Morgan fingerprint density at radius 2 is 2.05 bits per heavy atom. The predicted molar refractivity (Wildman–Crippen MR) is 87.3 cm³/mol. The van der Waals surface area contributed by atoms with Crippen LogP contribution in [0.5, 0.6) is 0 Å². The predicted octanol–water partition coefficient (Wildman–Crippen LogP) is 3.96. The molecule has 1 N–H and O–H groups in total. The third-order valence-corrected chi connectivity index (χ3v) is 4.62. The van der Waals surface area contributed by atoms with Gasteiger partial charge in [-0.1, -0.05) is 24.6 Å². The van der Waals surface area contributed by atoms with E-state index in [0.29, 0.717) is 6.04 Å². The largest absolute Gasteiger partial charge is 0.310 e. The molecule has 21 heavy (non-hydrogen) atoms. The number of nitrogens with one attached hydrogen (secondary N) is 1. The third kappa shape index (κ3) is 2.85. The zero-order chi connectivity index (χ0) is 15.0. The van der Waals surface area contributed by atoms with Crippen LogP contribution in [0.3, 0.4) is 0 Å². The minimum atomic E-state index is 0.667. The summed E-state index contributed by atoms with van der Waals surface area (Å²) in [4.78, 5) is 0. The third-order valence-electron chi connectivity index (χ3n) is 4.26. The van der Waals surface area contributed by atoms with E-state index in [1.54, 1.807) is 0 Å². The van der Waals surface area contributed by atoms with Crippen molar-refractivity contribution in [3.63, 3.8) is 0 Å². The molecule has 3 nitrogen and oxygen atoms in total. The van der Waals surface area contributed by atoms with Crippen LogP contribution in [0.4, 0.5) is 0 Å². The lowest BCUT2D eigenvalue weighted by molar-refractivity contribution is 0.679. The minimum absolute atomic E-state index is 0.667. The maximum atomic E-state index is 6.43. The second-order valence-corrected chi connectivity index (χ2v) is 6.21. The molecule has 1 heterocycles. The normalized spacial score (nSPS) is 14.7. The first-order valence-electron chi connectivity index (χ1n) is 7.68. The van der Waals surface area contributed by atoms with Crippen LogP contribution in [-0.4, -0.2) is 15.8 Å². The van der Waals surface area contributed by atoms with Crippen molar-refractivity contribution < 1.29 is 0 Å². The number of hydrogen-bond donors (Lipinski definition) is 1. The molecule has 0 aliphatic heterocycles. The lowest BCUT2D eigenvalue weighted by Crippen LogP contribution is -2.17. The van der Waals surface area contributed by atoms with Crippen LogP contribution < -0.4 is 5.32 Å². The number of aryl methyl sites for hydroxylation is 1. The average Bonchev–Trinajstić information content (AvgIpc) is 3.23. The number of hydrogen-bond acceptors (Lipinski definition) is 2. The fourth-order valence-electron chi connectivity index (χ4n) is 2.88. The molecule has 1 aliphatic carbocycles. The van der Waals surface area contributed by atoms with Crippen molar-refractivity contribution in [3.8, 4) is 5.69 Å². The van der Waals surface area contributed by atoms with Crippen molar-refractivity contribution in [1.29, 1.82) is 0 Å². The molecule has 1 aromatic heterocycles. The number of aromatic nitrogens is 2. The fraction of sp³-hybridized carbons (Fsp3) is 0.471. The summed E-state index contributed by atoms with van der Waals surface area (Å²) >= 11 is 6.43. The Balaban J connectivity index is 2.02.